The Labute approximate surface area is 237 Å². The standard InChI is InChI=1S/C30H42ClN3O5/c1-9-18(2)25(33-29(38)39-30(6,7)8)28(37)34(15-16-35)26(22-14-13-19(3)21(5)17-22)27(36)32-24-20(4)11-10-12-23(24)31/h10-14,17-18,25-26,35H,9,15-16H2,1-8H3,(H,32,36)(H,33,38). The van der Waals surface area contributed by atoms with E-state index in [1.807, 2.05) is 52.8 Å². The van der Waals surface area contributed by atoms with Gasteiger partial charge in [0.1, 0.15) is 17.7 Å². The van der Waals surface area contributed by atoms with Gasteiger partial charge in [-0.05, 0) is 75.8 Å². The zero-order valence-corrected chi connectivity index (χ0v) is 25.0. The van der Waals surface area contributed by atoms with Gasteiger partial charge in [-0.3, -0.25) is 9.59 Å². The Hall–Kier alpha value is -3.10. The van der Waals surface area contributed by atoms with Gasteiger partial charge in [0.2, 0.25) is 5.91 Å². The third kappa shape index (κ3) is 8.70. The fourth-order valence-corrected chi connectivity index (χ4v) is 4.43. The summed E-state index contributed by atoms with van der Waals surface area (Å²) in [6.45, 7) is 14.2. The minimum atomic E-state index is -1.10. The average molecular weight is 560 g/mol. The maximum atomic E-state index is 14.1. The Morgan fingerprint density at radius 2 is 1.72 bits per heavy atom. The number of benzene rings is 2. The summed E-state index contributed by atoms with van der Waals surface area (Å²) in [6, 6.07) is 8.74. The summed E-state index contributed by atoms with van der Waals surface area (Å²) in [6.07, 6.45) is -0.151. The molecule has 0 aliphatic heterocycles. The highest BCUT2D eigenvalue weighted by Crippen LogP contribution is 2.30. The van der Waals surface area contributed by atoms with E-state index in [1.54, 1.807) is 39.0 Å². The summed E-state index contributed by atoms with van der Waals surface area (Å²) in [4.78, 5) is 42.1. The normalized spacial score (nSPS) is 13.7. The van der Waals surface area contributed by atoms with Crippen LogP contribution in [0.2, 0.25) is 5.02 Å². The molecule has 2 aromatic rings. The smallest absolute Gasteiger partial charge is 0.408 e. The molecule has 3 amide bonds. The van der Waals surface area contributed by atoms with Crippen LogP contribution < -0.4 is 10.6 Å². The number of nitrogens with one attached hydrogen (secondary N) is 2. The lowest BCUT2D eigenvalue weighted by Crippen LogP contribution is -2.55. The Balaban J connectivity index is 2.60. The van der Waals surface area contributed by atoms with E-state index >= 15 is 0 Å². The molecule has 0 radical (unpaired) electrons. The molecule has 0 fully saturated rings. The van der Waals surface area contributed by atoms with E-state index in [0.29, 0.717) is 22.7 Å². The number of alkyl carbamates (subject to hydrolysis) is 1. The largest absolute Gasteiger partial charge is 0.444 e. The summed E-state index contributed by atoms with van der Waals surface area (Å²) in [7, 11) is 0. The number of anilines is 1. The minimum Gasteiger partial charge on any atom is -0.444 e. The predicted octanol–water partition coefficient (Wildman–Crippen LogP) is 5.71. The molecule has 39 heavy (non-hydrogen) atoms. The molecule has 0 spiro atoms. The lowest BCUT2D eigenvalue weighted by molar-refractivity contribution is -0.142. The van der Waals surface area contributed by atoms with Crippen molar-refractivity contribution in [1.29, 1.82) is 0 Å². The number of carbonyl (C=O) groups is 3. The van der Waals surface area contributed by atoms with E-state index < -0.39 is 35.6 Å². The first-order valence-electron chi connectivity index (χ1n) is 13.2. The molecule has 0 aromatic heterocycles. The lowest BCUT2D eigenvalue weighted by Gasteiger charge is -2.36. The van der Waals surface area contributed by atoms with E-state index in [2.05, 4.69) is 10.6 Å². The van der Waals surface area contributed by atoms with Crippen LogP contribution >= 0.6 is 11.6 Å². The van der Waals surface area contributed by atoms with Crippen LogP contribution in [0.15, 0.2) is 36.4 Å². The van der Waals surface area contributed by atoms with Crippen molar-refractivity contribution < 1.29 is 24.2 Å². The first-order chi connectivity index (χ1) is 18.2. The number of nitrogens with zero attached hydrogens (tertiary/aromatic N) is 1. The van der Waals surface area contributed by atoms with Crippen LogP contribution in [0.5, 0.6) is 0 Å². The van der Waals surface area contributed by atoms with Crippen molar-refractivity contribution in [3.05, 3.63) is 63.7 Å². The molecule has 2 rings (SSSR count). The number of rotatable bonds is 10. The van der Waals surface area contributed by atoms with E-state index in [1.165, 1.54) is 4.90 Å². The monoisotopic (exact) mass is 559 g/mol. The fraction of sp³-hybridized carbons (Fsp3) is 0.500. The molecular weight excluding hydrogens is 518 g/mol. The van der Waals surface area contributed by atoms with Crippen LogP contribution in [0.1, 0.15) is 69.3 Å². The van der Waals surface area contributed by atoms with E-state index in [0.717, 1.165) is 16.7 Å². The minimum absolute atomic E-state index is 0.131. The Bertz CT molecular complexity index is 1160. The van der Waals surface area contributed by atoms with Crippen LogP contribution in [0, 0.1) is 26.7 Å². The van der Waals surface area contributed by atoms with E-state index in [-0.39, 0.29) is 19.1 Å². The van der Waals surface area contributed by atoms with Gasteiger partial charge in [0, 0.05) is 6.54 Å². The van der Waals surface area contributed by atoms with Crippen molar-refractivity contribution in [2.24, 2.45) is 5.92 Å². The second-order valence-corrected chi connectivity index (χ2v) is 11.3. The predicted molar refractivity (Wildman–Crippen MR) is 155 cm³/mol. The molecule has 0 bridgehead atoms. The number of carbonyl (C=O) groups excluding carboxylic acids is 3. The van der Waals surface area contributed by atoms with Crippen molar-refractivity contribution >= 4 is 35.2 Å². The Morgan fingerprint density at radius 3 is 2.26 bits per heavy atom. The van der Waals surface area contributed by atoms with Gasteiger partial charge in [0.05, 0.1) is 17.3 Å². The highest BCUT2D eigenvalue weighted by Gasteiger charge is 2.38. The van der Waals surface area contributed by atoms with Crippen molar-refractivity contribution in [2.75, 3.05) is 18.5 Å². The molecule has 3 atom stereocenters. The number of halogens is 1. The van der Waals surface area contributed by atoms with Gasteiger partial charge in [-0.25, -0.2) is 4.79 Å². The molecule has 9 heteroatoms. The molecule has 8 nitrogen and oxygen atoms in total. The van der Waals surface area contributed by atoms with E-state index in [9.17, 15) is 19.5 Å². The first kappa shape index (κ1) is 32.1. The van der Waals surface area contributed by atoms with Gasteiger partial charge in [-0.2, -0.15) is 0 Å². The number of para-hydroxylation sites is 1. The Morgan fingerprint density at radius 1 is 1.05 bits per heavy atom. The zero-order chi connectivity index (χ0) is 29.5. The topological polar surface area (TPSA) is 108 Å². The van der Waals surface area contributed by atoms with Crippen molar-refractivity contribution in [2.45, 2.75) is 79.5 Å². The molecule has 3 unspecified atom stereocenters. The third-order valence-corrected chi connectivity index (χ3v) is 6.97. The maximum Gasteiger partial charge on any atom is 0.408 e. The summed E-state index contributed by atoms with van der Waals surface area (Å²) in [5.41, 5.74) is 3.00. The second-order valence-electron chi connectivity index (χ2n) is 10.9. The zero-order valence-electron chi connectivity index (χ0n) is 24.2. The van der Waals surface area contributed by atoms with Crippen LogP contribution in [0.4, 0.5) is 10.5 Å². The molecule has 0 heterocycles. The summed E-state index contributed by atoms with van der Waals surface area (Å²) >= 11 is 6.40. The van der Waals surface area contributed by atoms with Crippen LogP contribution in [0.3, 0.4) is 0 Å². The number of hydrogen-bond donors (Lipinski definition) is 3. The fourth-order valence-electron chi connectivity index (χ4n) is 4.16. The molecule has 0 aliphatic carbocycles. The summed E-state index contributed by atoms with van der Waals surface area (Å²) in [5.74, 6) is -1.27. The molecule has 2 aromatic carbocycles. The number of amides is 3. The number of hydrogen-bond acceptors (Lipinski definition) is 5. The van der Waals surface area contributed by atoms with Gasteiger partial charge in [-0.1, -0.05) is 62.2 Å². The van der Waals surface area contributed by atoms with Gasteiger partial charge in [-0.15, -0.1) is 0 Å². The SMILES string of the molecule is CCC(C)C(NC(=O)OC(C)(C)C)C(=O)N(CCO)C(C(=O)Nc1c(C)cccc1Cl)c1ccc(C)c(C)c1. The van der Waals surface area contributed by atoms with Crippen molar-refractivity contribution in [3.8, 4) is 0 Å². The molecule has 0 aliphatic rings. The van der Waals surface area contributed by atoms with Crippen LogP contribution in [-0.4, -0.2) is 52.7 Å². The third-order valence-electron chi connectivity index (χ3n) is 6.65. The summed E-state index contributed by atoms with van der Waals surface area (Å²) < 4.78 is 5.42. The maximum absolute atomic E-state index is 14.1. The van der Waals surface area contributed by atoms with E-state index in [4.69, 9.17) is 16.3 Å². The highest BCUT2D eigenvalue weighted by atomic mass is 35.5. The molecule has 3 N–H and O–H groups in total. The number of aliphatic hydroxyl groups is 1. The first-order valence-corrected chi connectivity index (χ1v) is 13.6. The molecule has 214 valence electrons. The molecular formula is C30H42ClN3O5. The van der Waals surface area contributed by atoms with Gasteiger partial charge in [0.15, 0.2) is 0 Å². The highest BCUT2D eigenvalue weighted by molar-refractivity contribution is 6.34. The van der Waals surface area contributed by atoms with Gasteiger partial charge < -0.3 is 25.4 Å². The molecule has 0 saturated carbocycles. The molecule has 0 saturated heterocycles. The quantitative estimate of drug-likeness (QED) is 0.346. The van der Waals surface area contributed by atoms with Crippen LogP contribution in [-0.2, 0) is 14.3 Å². The van der Waals surface area contributed by atoms with Crippen molar-refractivity contribution in [1.82, 2.24) is 10.2 Å². The second kappa shape index (κ2) is 13.8. The number of aliphatic hydroxyl groups excluding tert-OH is 1. The lowest BCUT2D eigenvalue weighted by atomic mass is 9.94. The van der Waals surface area contributed by atoms with Crippen molar-refractivity contribution in [3.63, 3.8) is 0 Å². The average Bonchev–Trinajstić information content (AvgIpc) is 2.84. The number of ether oxygens (including phenoxy) is 1. The van der Waals surface area contributed by atoms with Gasteiger partial charge >= 0.3 is 6.09 Å². The Kier molecular flexibility index (Phi) is 11.4. The van der Waals surface area contributed by atoms with Gasteiger partial charge in [0.25, 0.3) is 5.91 Å². The number of aryl methyl sites for hydroxylation is 3. The summed E-state index contributed by atoms with van der Waals surface area (Å²) in [5, 5.41) is 16.0. The van der Waals surface area contributed by atoms with Crippen LogP contribution in [0.25, 0.3) is 0 Å².